The zero-order valence-corrected chi connectivity index (χ0v) is 12.9. The number of nitrogens with zero attached hydrogens (tertiary/aromatic N) is 1. The number of para-hydroxylation sites is 2. The standard InChI is InChI=1S/C19H24N2/c1-14(20)13-17-8-4-6-10-19(17)21-15(2)11-12-16-7-3-5-9-18(16)21/h3-10,14-15H,11-13,20H2,1-2H3. The smallest absolute Gasteiger partial charge is 0.0446 e. The van der Waals surface area contributed by atoms with Crippen LogP contribution in [-0.4, -0.2) is 12.1 Å². The molecule has 0 amide bonds. The molecule has 2 N–H and O–H groups in total. The number of benzene rings is 2. The summed E-state index contributed by atoms with van der Waals surface area (Å²) in [6.45, 7) is 4.39. The van der Waals surface area contributed by atoms with Crippen molar-refractivity contribution in [3.05, 3.63) is 59.7 Å². The van der Waals surface area contributed by atoms with E-state index in [1.165, 1.54) is 35.3 Å². The van der Waals surface area contributed by atoms with Crippen LogP contribution in [-0.2, 0) is 12.8 Å². The second kappa shape index (κ2) is 5.90. The van der Waals surface area contributed by atoms with Crippen LogP contribution in [0.2, 0.25) is 0 Å². The van der Waals surface area contributed by atoms with Crippen LogP contribution in [0.5, 0.6) is 0 Å². The van der Waals surface area contributed by atoms with E-state index in [9.17, 15) is 0 Å². The average molecular weight is 280 g/mol. The molecule has 21 heavy (non-hydrogen) atoms. The van der Waals surface area contributed by atoms with Crippen molar-refractivity contribution in [3.63, 3.8) is 0 Å². The Kier molecular flexibility index (Phi) is 3.98. The lowest BCUT2D eigenvalue weighted by molar-refractivity contribution is 0.614. The van der Waals surface area contributed by atoms with Crippen LogP contribution >= 0.6 is 0 Å². The summed E-state index contributed by atoms with van der Waals surface area (Å²) in [6.07, 6.45) is 3.29. The van der Waals surface area contributed by atoms with Crippen molar-refractivity contribution in [2.75, 3.05) is 4.90 Å². The highest BCUT2D eigenvalue weighted by Gasteiger charge is 2.25. The number of aryl methyl sites for hydroxylation is 1. The lowest BCUT2D eigenvalue weighted by Crippen LogP contribution is -2.34. The maximum Gasteiger partial charge on any atom is 0.0446 e. The third kappa shape index (κ3) is 2.81. The highest BCUT2D eigenvalue weighted by molar-refractivity contribution is 5.71. The first-order valence-electron chi connectivity index (χ1n) is 7.87. The largest absolute Gasteiger partial charge is 0.338 e. The summed E-state index contributed by atoms with van der Waals surface area (Å²) in [5, 5.41) is 0. The molecule has 0 saturated heterocycles. The van der Waals surface area contributed by atoms with E-state index in [1.54, 1.807) is 0 Å². The predicted octanol–water partition coefficient (Wildman–Crippen LogP) is 4.05. The van der Waals surface area contributed by atoms with Crippen LogP contribution < -0.4 is 10.6 Å². The number of nitrogens with two attached hydrogens (primary N) is 1. The Morgan fingerprint density at radius 2 is 1.76 bits per heavy atom. The van der Waals surface area contributed by atoms with Crippen molar-refractivity contribution in [1.82, 2.24) is 0 Å². The van der Waals surface area contributed by atoms with Gasteiger partial charge < -0.3 is 10.6 Å². The minimum Gasteiger partial charge on any atom is -0.338 e. The fourth-order valence-electron chi connectivity index (χ4n) is 3.32. The fourth-order valence-corrected chi connectivity index (χ4v) is 3.32. The highest BCUT2D eigenvalue weighted by atomic mass is 15.2. The third-order valence-electron chi connectivity index (χ3n) is 4.32. The molecular weight excluding hydrogens is 256 g/mol. The molecule has 0 radical (unpaired) electrons. The number of hydrogen-bond donors (Lipinski definition) is 1. The maximum absolute atomic E-state index is 6.03. The number of fused-ring (bicyclic) bond motifs is 1. The molecule has 0 spiro atoms. The average Bonchev–Trinajstić information content (AvgIpc) is 2.48. The monoisotopic (exact) mass is 280 g/mol. The topological polar surface area (TPSA) is 29.3 Å². The lowest BCUT2D eigenvalue weighted by Gasteiger charge is -2.38. The first-order chi connectivity index (χ1) is 10.2. The Labute approximate surface area is 127 Å². The number of hydrogen-bond acceptors (Lipinski definition) is 2. The third-order valence-corrected chi connectivity index (χ3v) is 4.32. The van der Waals surface area contributed by atoms with Gasteiger partial charge in [-0.05, 0) is 56.4 Å². The van der Waals surface area contributed by atoms with E-state index in [-0.39, 0.29) is 6.04 Å². The van der Waals surface area contributed by atoms with Gasteiger partial charge in [0.15, 0.2) is 0 Å². The van der Waals surface area contributed by atoms with E-state index in [1.807, 2.05) is 0 Å². The molecule has 2 unspecified atom stereocenters. The quantitative estimate of drug-likeness (QED) is 0.919. The van der Waals surface area contributed by atoms with Gasteiger partial charge in [-0.25, -0.2) is 0 Å². The van der Waals surface area contributed by atoms with Crippen LogP contribution in [0, 0.1) is 0 Å². The van der Waals surface area contributed by atoms with Crippen LogP contribution in [0.4, 0.5) is 11.4 Å². The maximum atomic E-state index is 6.03. The van der Waals surface area contributed by atoms with Crippen molar-refractivity contribution in [2.45, 2.75) is 45.2 Å². The molecular formula is C19H24N2. The molecule has 2 heteroatoms. The van der Waals surface area contributed by atoms with Gasteiger partial charge in [0.25, 0.3) is 0 Å². The molecule has 0 aromatic heterocycles. The summed E-state index contributed by atoms with van der Waals surface area (Å²) in [7, 11) is 0. The Bertz CT molecular complexity index is 618. The summed E-state index contributed by atoms with van der Waals surface area (Å²) in [5.41, 5.74) is 11.5. The SMILES string of the molecule is CC(N)Cc1ccccc1N1c2ccccc2CCC1C. The number of anilines is 2. The Morgan fingerprint density at radius 1 is 1.10 bits per heavy atom. The second-order valence-corrected chi connectivity index (χ2v) is 6.20. The van der Waals surface area contributed by atoms with Gasteiger partial charge in [0, 0.05) is 23.5 Å². The molecule has 2 nitrogen and oxygen atoms in total. The van der Waals surface area contributed by atoms with Crippen molar-refractivity contribution in [1.29, 1.82) is 0 Å². The molecule has 0 aliphatic carbocycles. The summed E-state index contributed by atoms with van der Waals surface area (Å²) in [4.78, 5) is 2.50. The van der Waals surface area contributed by atoms with E-state index in [2.05, 4.69) is 67.3 Å². The minimum atomic E-state index is 0.182. The highest BCUT2D eigenvalue weighted by Crippen LogP contribution is 2.38. The van der Waals surface area contributed by atoms with Gasteiger partial charge in [-0.1, -0.05) is 36.4 Å². The summed E-state index contributed by atoms with van der Waals surface area (Å²) < 4.78 is 0. The molecule has 2 aromatic rings. The first kappa shape index (κ1) is 14.2. The van der Waals surface area contributed by atoms with Crippen molar-refractivity contribution >= 4 is 11.4 Å². The molecule has 0 fully saturated rings. The van der Waals surface area contributed by atoms with Gasteiger partial charge in [0.05, 0.1) is 0 Å². The predicted molar refractivity (Wildman–Crippen MR) is 90.2 cm³/mol. The molecule has 3 rings (SSSR count). The van der Waals surface area contributed by atoms with Gasteiger partial charge >= 0.3 is 0 Å². The summed E-state index contributed by atoms with van der Waals surface area (Å²) >= 11 is 0. The molecule has 1 aliphatic heterocycles. The Hall–Kier alpha value is -1.80. The molecule has 0 saturated carbocycles. The molecule has 2 atom stereocenters. The van der Waals surface area contributed by atoms with Crippen LogP contribution in [0.25, 0.3) is 0 Å². The van der Waals surface area contributed by atoms with E-state index < -0.39 is 0 Å². The van der Waals surface area contributed by atoms with Crippen molar-refractivity contribution in [2.24, 2.45) is 5.73 Å². The minimum absolute atomic E-state index is 0.182. The Morgan fingerprint density at radius 3 is 2.52 bits per heavy atom. The van der Waals surface area contributed by atoms with E-state index in [0.717, 1.165) is 6.42 Å². The molecule has 1 heterocycles. The normalized spacial score (nSPS) is 19.2. The Balaban J connectivity index is 2.07. The van der Waals surface area contributed by atoms with Gasteiger partial charge in [0.2, 0.25) is 0 Å². The number of rotatable bonds is 3. The van der Waals surface area contributed by atoms with E-state index >= 15 is 0 Å². The van der Waals surface area contributed by atoms with E-state index in [4.69, 9.17) is 5.73 Å². The lowest BCUT2D eigenvalue weighted by atomic mass is 9.94. The first-order valence-corrected chi connectivity index (χ1v) is 7.87. The zero-order valence-electron chi connectivity index (χ0n) is 12.9. The van der Waals surface area contributed by atoms with Crippen LogP contribution in [0.15, 0.2) is 48.5 Å². The van der Waals surface area contributed by atoms with E-state index in [0.29, 0.717) is 6.04 Å². The van der Waals surface area contributed by atoms with Crippen LogP contribution in [0.3, 0.4) is 0 Å². The molecule has 2 aromatic carbocycles. The molecule has 0 bridgehead atoms. The summed E-state index contributed by atoms with van der Waals surface area (Å²) in [6, 6.07) is 18.2. The van der Waals surface area contributed by atoms with Gasteiger partial charge in [-0.3, -0.25) is 0 Å². The fraction of sp³-hybridized carbons (Fsp3) is 0.368. The van der Waals surface area contributed by atoms with Crippen molar-refractivity contribution < 1.29 is 0 Å². The van der Waals surface area contributed by atoms with Gasteiger partial charge in [-0.2, -0.15) is 0 Å². The second-order valence-electron chi connectivity index (χ2n) is 6.20. The van der Waals surface area contributed by atoms with Crippen LogP contribution in [0.1, 0.15) is 31.4 Å². The van der Waals surface area contributed by atoms with Gasteiger partial charge in [0.1, 0.15) is 0 Å². The molecule has 110 valence electrons. The van der Waals surface area contributed by atoms with Gasteiger partial charge in [-0.15, -0.1) is 0 Å². The summed E-state index contributed by atoms with van der Waals surface area (Å²) in [5.74, 6) is 0. The van der Waals surface area contributed by atoms with Crippen molar-refractivity contribution in [3.8, 4) is 0 Å². The zero-order chi connectivity index (χ0) is 14.8. The molecule has 1 aliphatic rings.